The van der Waals surface area contributed by atoms with E-state index >= 15 is 0 Å². The molecule has 0 saturated heterocycles. The van der Waals surface area contributed by atoms with E-state index in [1.54, 1.807) is 11.8 Å². The molecule has 0 aliphatic heterocycles. The predicted octanol–water partition coefficient (Wildman–Crippen LogP) is 4.01. The van der Waals surface area contributed by atoms with Crippen LogP contribution in [0.2, 0.25) is 0 Å². The lowest BCUT2D eigenvalue weighted by molar-refractivity contribution is 0.481. The van der Waals surface area contributed by atoms with Crippen LogP contribution < -0.4 is 10.5 Å². The van der Waals surface area contributed by atoms with Crippen LogP contribution in [0.25, 0.3) is 0 Å². The van der Waals surface area contributed by atoms with E-state index < -0.39 is 0 Å². The molecule has 0 fully saturated rings. The summed E-state index contributed by atoms with van der Waals surface area (Å²) < 4.78 is 5.85. The standard InChI is InChI=1S/C16H19NOS/c1-12-11-15(4-3-13(12)9-10-17)18-14-5-7-16(19-2)8-6-14/h3-8,11H,9-10,17H2,1-2H3. The molecule has 0 spiro atoms. The van der Waals surface area contributed by atoms with Crippen molar-refractivity contribution in [2.24, 2.45) is 5.73 Å². The van der Waals surface area contributed by atoms with Gasteiger partial charge in [-0.2, -0.15) is 0 Å². The molecular formula is C16H19NOS. The fraction of sp³-hybridized carbons (Fsp3) is 0.250. The molecule has 2 aromatic rings. The molecule has 2 rings (SSSR count). The topological polar surface area (TPSA) is 35.2 Å². The highest BCUT2D eigenvalue weighted by atomic mass is 32.2. The second kappa shape index (κ2) is 6.64. The van der Waals surface area contributed by atoms with Gasteiger partial charge in [-0.15, -0.1) is 11.8 Å². The van der Waals surface area contributed by atoms with Crippen molar-refractivity contribution in [1.82, 2.24) is 0 Å². The lowest BCUT2D eigenvalue weighted by Crippen LogP contribution is -2.04. The number of hydrogen-bond acceptors (Lipinski definition) is 3. The van der Waals surface area contributed by atoms with Crippen LogP contribution >= 0.6 is 11.8 Å². The maximum absolute atomic E-state index is 5.85. The minimum Gasteiger partial charge on any atom is -0.457 e. The van der Waals surface area contributed by atoms with Gasteiger partial charge in [0.25, 0.3) is 0 Å². The monoisotopic (exact) mass is 273 g/mol. The van der Waals surface area contributed by atoms with Crippen molar-refractivity contribution in [3.8, 4) is 11.5 Å². The van der Waals surface area contributed by atoms with Gasteiger partial charge in [0.2, 0.25) is 0 Å². The molecule has 0 aliphatic rings. The van der Waals surface area contributed by atoms with Gasteiger partial charge in [0, 0.05) is 4.90 Å². The number of hydrogen-bond donors (Lipinski definition) is 1. The SMILES string of the molecule is CSc1ccc(Oc2ccc(CCN)c(C)c2)cc1. The molecule has 0 atom stereocenters. The van der Waals surface area contributed by atoms with E-state index in [4.69, 9.17) is 10.5 Å². The van der Waals surface area contributed by atoms with E-state index in [0.29, 0.717) is 6.54 Å². The molecule has 0 radical (unpaired) electrons. The summed E-state index contributed by atoms with van der Waals surface area (Å²) in [6.45, 7) is 2.77. The summed E-state index contributed by atoms with van der Waals surface area (Å²) in [5, 5.41) is 0. The first kappa shape index (κ1) is 14.0. The first-order chi connectivity index (χ1) is 9.22. The van der Waals surface area contributed by atoms with E-state index in [0.717, 1.165) is 17.9 Å². The summed E-state index contributed by atoms with van der Waals surface area (Å²) in [4.78, 5) is 1.24. The molecule has 2 aromatic carbocycles. The van der Waals surface area contributed by atoms with E-state index in [1.807, 2.05) is 18.2 Å². The minimum absolute atomic E-state index is 0.678. The fourth-order valence-electron chi connectivity index (χ4n) is 1.95. The van der Waals surface area contributed by atoms with Gasteiger partial charge in [0.05, 0.1) is 0 Å². The summed E-state index contributed by atoms with van der Waals surface area (Å²) in [6, 6.07) is 14.3. The third kappa shape index (κ3) is 3.75. The number of ether oxygens (including phenoxy) is 1. The molecule has 2 nitrogen and oxygen atoms in total. The van der Waals surface area contributed by atoms with Crippen molar-refractivity contribution >= 4 is 11.8 Å². The van der Waals surface area contributed by atoms with E-state index in [1.165, 1.54) is 16.0 Å². The van der Waals surface area contributed by atoms with Crippen molar-refractivity contribution in [3.05, 3.63) is 53.6 Å². The zero-order valence-electron chi connectivity index (χ0n) is 11.3. The molecule has 0 saturated carbocycles. The molecule has 0 unspecified atom stereocenters. The second-order valence-electron chi connectivity index (χ2n) is 4.40. The van der Waals surface area contributed by atoms with E-state index in [2.05, 4.69) is 37.4 Å². The van der Waals surface area contributed by atoms with Crippen LogP contribution in [0.15, 0.2) is 47.4 Å². The highest BCUT2D eigenvalue weighted by molar-refractivity contribution is 7.98. The first-order valence-electron chi connectivity index (χ1n) is 6.34. The van der Waals surface area contributed by atoms with Crippen LogP contribution in [0.5, 0.6) is 11.5 Å². The van der Waals surface area contributed by atoms with Gasteiger partial charge in [0.1, 0.15) is 11.5 Å². The van der Waals surface area contributed by atoms with Gasteiger partial charge in [-0.25, -0.2) is 0 Å². The van der Waals surface area contributed by atoms with Crippen molar-refractivity contribution in [2.45, 2.75) is 18.2 Å². The molecule has 19 heavy (non-hydrogen) atoms. The molecule has 2 N–H and O–H groups in total. The van der Waals surface area contributed by atoms with Crippen LogP contribution in [-0.4, -0.2) is 12.8 Å². The average molecular weight is 273 g/mol. The Morgan fingerprint density at radius 3 is 2.32 bits per heavy atom. The van der Waals surface area contributed by atoms with Gasteiger partial charge >= 0.3 is 0 Å². The van der Waals surface area contributed by atoms with Crippen LogP contribution in [0.4, 0.5) is 0 Å². The Hall–Kier alpha value is -1.45. The summed E-state index contributed by atoms with van der Waals surface area (Å²) in [7, 11) is 0. The lowest BCUT2D eigenvalue weighted by Gasteiger charge is -2.09. The number of benzene rings is 2. The number of rotatable bonds is 5. The van der Waals surface area contributed by atoms with Crippen molar-refractivity contribution in [1.29, 1.82) is 0 Å². The summed E-state index contributed by atoms with van der Waals surface area (Å²) in [5.41, 5.74) is 8.10. The van der Waals surface area contributed by atoms with Gasteiger partial charge in [-0.1, -0.05) is 6.07 Å². The average Bonchev–Trinajstić information content (AvgIpc) is 2.43. The molecule has 100 valence electrons. The van der Waals surface area contributed by atoms with E-state index in [9.17, 15) is 0 Å². The Morgan fingerprint density at radius 1 is 1.05 bits per heavy atom. The summed E-state index contributed by atoms with van der Waals surface area (Å²) >= 11 is 1.73. The number of nitrogens with two attached hydrogens (primary N) is 1. The normalized spacial score (nSPS) is 10.5. The van der Waals surface area contributed by atoms with Gasteiger partial charge in [-0.05, 0) is 73.7 Å². The quantitative estimate of drug-likeness (QED) is 0.836. The Labute approximate surface area is 119 Å². The van der Waals surface area contributed by atoms with Gasteiger partial charge < -0.3 is 10.5 Å². The smallest absolute Gasteiger partial charge is 0.127 e. The predicted molar refractivity (Wildman–Crippen MR) is 82.2 cm³/mol. The third-order valence-electron chi connectivity index (χ3n) is 3.02. The molecular weight excluding hydrogens is 254 g/mol. The number of thioether (sulfide) groups is 1. The Morgan fingerprint density at radius 2 is 1.74 bits per heavy atom. The molecule has 3 heteroatoms. The molecule has 0 bridgehead atoms. The van der Waals surface area contributed by atoms with E-state index in [-0.39, 0.29) is 0 Å². The third-order valence-corrected chi connectivity index (χ3v) is 3.77. The largest absolute Gasteiger partial charge is 0.457 e. The maximum atomic E-state index is 5.85. The van der Waals surface area contributed by atoms with Gasteiger partial charge in [0.15, 0.2) is 0 Å². The Balaban J connectivity index is 2.11. The molecule has 0 aliphatic carbocycles. The lowest BCUT2D eigenvalue weighted by atomic mass is 10.1. The molecule has 0 heterocycles. The van der Waals surface area contributed by atoms with Crippen molar-refractivity contribution < 1.29 is 4.74 Å². The first-order valence-corrected chi connectivity index (χ1v) is 7.57. The second-order valence-corrected chi connectivity index (χ2v) is 5.28. The highest BCUT2D eigenvalue weighted by Gasteiger charge is 2.02. The maximum Gasteiger partial charge on any atom is 0.127 e. The Kier molecular flexibility index (Phi) is 4.88. The van der Waals surface area contributed by atoms with Crippen LogP contribution in [0.1, 0.15) is 11.1 Å². The summed E-state index contributed by atoms with van der Waals surface area (Å²) in [5.74, 6) is 1.74. The molecule has 0 amide bonds. The fourth-order valence-corrected chi connectivity index (χ4v) is 2.36. The summed E-state index contributed by atoms with van der Waals surface area (Å²) in [6.07, 6.45) is 2.98. The zero-order chi connectivity index (χ0) is 13.7. The zero-order valence-corrected chi connectivity index (χ0v) is 12.2. The van der Waals surface area contributed by atoms with Crippen LogP contribution in [0.3, 0.4) is 0 Å². The van der Waals surface area contributed by atoms with Crippen LogP contribution in [0, 0.1) is 6.92 Å². The number of aryl methyl sites for hydroxylation is 1. The van der Waals surface area contributed by atoms with Crippen molar-refractivity contribution in [3.63, 3.8) is 0 Å². The van der Waals surface area contributed by atoms with Crippen molar-refractivity contribution in [2.75, 3.05) is 12.8 Å². The van der Waals surface area contributed by atoms with Crippen LogP contribution in [-0.2, 0) is 6.42 Å². The highest BCUT2D eigenvalue weighted by Crippen LogP contribution is 2.26. The van der Waals surface area contributed by atoms with Gasteiger partial charge in [-0.3, -0.25) is 0 Å². The minimum atomic E-state index is 0.678. The molecule has 0 aromatic heterocycles. The Bertz CT molecular complexity index is 537.